The molecule has 110 valence electrons. The Labute approximate surface area is 114 Å². The van der Waals surface area contributed by atoms with Crippen molar-refractivity contribution in [2.75, 3.05) is 37.9 Å². The highest BCUT2D eigenvalue weighted by molar-refractivity contribution is 9.09. The summed E-state index contributed by atoms with van der Waals surface area (Å²) in [6.45, 7) is 0.583. The summed E-state index contributed by atoms with van der Waals surface area (Å²) in [6, 6.07) is 0. The lowest BCUT2D eigenvalue weighted by atomic mass is 10.3. The minimum atomic E-state index is -4.32. The van der Waals surface area contributed by atoms with Crippen LogP contribution in [0.3, 0.4) is 0 Å². The molecule has 0 aromatic rings. The van der Waals surface area contributed by atoms with Crippen LogP contribution in [0.5, 0.6) is 0 Å². The second kappa shape index (κ2) is 8.34. The molecule has 9 heteroatoms. The molecule has 0 atom stereocenters. The Kier molecular flexibility index (Phi) is 8.40. The zero-order valence-corrected chi connectivity index (χ0v) is 12.4. The second-order valence-electron chi connectivity index (χ2n) is 3.62. The maximum absolute atomic E-state index is 11.9. The van der Waals surface area contributed by atoms with Crippen LogP contribution in [0.25, 0.3) is 0 Å². The third-order valence-electron chi connectivity index (χ3n) is 2.13. The van der Waals surface area contributed by atoms with Crippen LogP contribution in [0, 0.1) is 0 Å². The monoisotopic (exact) mass is 355 g/mol. The predicted octanol–water partition coefficient (Wildman–Crippen LogP) is 2.00. The summed E-state index contributed by atoms with van der Waals surface area (Å²) in [5.74, 6) is -0.497. The number of halogens is 4. The van der Waals surface area contributed by atoms with Crippen LogP contribution in [0.15, 0.2) is 0 Å². The van der Waals surface area contributed by atoms with Gasteiger partial charge >= 0.3 is 6.18 Å². The second-order valence-corrected chi connectivity index (χ2v) is 6.50. The van der Waals surface area contributed by atoms with E-state index in [2.05, 4.69) is 15.9 Å². The highest BCUT2D eigenvalue weighted by atomic mass is 79.9. The van der Waals surface area contributed by atoms with Gasteiger partial charge in [-0.05, 0) is 6.42 Å². The molecule has 0 N–H and O–H groups in total. The maximum atomic E-state index is 11.9. The van der Waals surface area contributed by atoms with E-state index in [4.69, 9.17) is 4.74 Å². The molecule has 0 aliphatic heterocycles. The number of alkyl halides is 4. The zero-order chi connectivity index (χ0) is 14.2. The summed E-state index contributed by atoms with van der Waals surface area (Å²) in [5, 5.41) is 0.426. The molecule has 0 rings (SSSR count). The van der Waals surface area contributed by atoms with E-state index >= 15 is 0 Å². The molecule has 0 fully saturated rings. The van der Waals surface area contributed by atoms with Gasteiger partial charge in [0, 0.05) is 32.0 Å². The quantitative estimate of drug-likeness (QED) is 0.594. The number of rotatable bonds is 9. The predicted molar refractivity (Wildman–Crippen MR) is 66.3 cm³/mol. The highest BCUT2D eigenvalue weighted by Crippen LogP contribution is 2.22. The van der Waals surface area contributed by atoms with Crippen LogP contribution in [-0.4, -0.2) is 56.8 Å². The molecule has 0 spiro atoms. The standard InChI is InChI=1S/C9H17BrF3NO3S/c1-17-7-6-14(5-4-10)18(15,16)8-2-3-9(11,12)13/h2-8H2,1H3. The minimum Gasteiger partial charge on any atom is -0.383 e. The first-order valence-corrected chi connectivity index (χ1v) is 8.05. The Bertz CT molecular complexity index is 322. The van der Waals surface area contributed by atoms with Gasteiger partial charge in [-0.25, -0.2) is 8.42 Å². The summed E-state index contributed by atoms with van der Waals surface area (Å²) in [4.78, 5) is 0. The van der Waals surface area contributed by atoms with Gasteiger partial charge in [0.25, 0.3) is 0 Å². The van der Waals surface area contributed by atoms with E-state index < -0.39 is 34.8 Å². The Balaban J connectivity index is 4.36. The first kappa shape index (κ1) is 18.1. The van der Waals surface area contributed by atoms with Crippen molar-refractivity contribution in [1.29, 1.82) is 0 Å². The fourth-order valence-electron chi connectivity index (χ4n) is 1.26. The van der Waals surface area contributed by atoms with E-state index in [-0.39, 0.29) is 19.7 Å². The van der Waals surface area contributed by atoms with Crippen molar-refractivity contribution in [3.05, 3.63) is 0 Å². The van der Waals surface area contributed by atoms with Crippen LogP contribution in [-0.2, 0) is 14.8 Å². The Hall–Kier alpha value is 0.140. The van der Waals surface area contributed by atoms with E-state index in [9.17, 15) is 21.6 Å². The molecule has 0 unspecified atom stereocenters. The number of sulfonamides is 1. The first-order chi connectivity index (χ1) is 8.23. The van der Waals surface area contributed by atoms with E-state index in [1.807, 2.05) is 0 Å². The van der Waals surface area contributed by atoms with Crippen molar-refractivity contribution in [2.24, 2.45) is 0 Å². The average Bonchev–Trinajstić information content (AvgIpc) is 2.21. The molecule has 0 bridgehead atoms. The molecule has 0 aliphatic carbocycles. The van der Waals surface area contributed by atoms with Gasteiger partial charge in [0.05, 0.1) is 12.4 Å². The Morgan fingerprint density at radius 3 is 2.33 bits per heavy atom. The lowest BCUT2D eigenvalue weighted by Gasteiger charge is -2.21. The molecule has 0 saturated carbocycles. The molecule has 4 nitrogen and oxygen atoms in total. The summed E-state index contributed by atoms with van der Waals surface area (Å²) >= 11 is 3.11. The number of nitrogens with zero attached hydrogens (tertiary/aromatic N) is 1. The SMILES string of the molecule is COCCN(CCBr)S(=O)(=O)CCCC(F)(F)F. The van der Waals surface area contributed by atoms with Gasteiger partial charge in [0.15, 0.2) is 0 Å². The molecule has 0 heterocycles. The summed E-state index contributed by atoms with van der Waals surface area (Å²) in [7, 11) is -2.22. The Morgan fingerprint density at radius 1 is 1.28 bits per heavy atom. The highest BCUT2D eigenvalue weighted by Gasteiger charge is 2.29. The van der Waals surface area contributed by atoms with Gasteiger partial charge in [-0.1, -0.05) is 15.9 Å². The molecular formula is C9H17BrF3NO3S. The van der Waals surface area contributed by atoms with Crippen molar-refractivity contribution in [1.82, 2.24) is 4.31 Å². The van der Waals surface area contributed by atoms with E-state index in [1.165, 1.54) is 7.11 Å². The normalized spacial score (nSPS) is 13.2. The number of hydrogen-bond acceptors (Lipinski definition) is 3. The van der Waals surface area contributed by atoms with Gasteiger partial charge in [0.1, 0.15) is 0 Å². The molecular weight excluding hydrogens is 339 g/mol. The maximum Gasteiger partial charge on any atom is 0.389 e. The molecule has 18 heavy (non-hydrogen) atoms. The van der Waals surface area contributed by atoms with Crippen molar-refractivity contribution >= 4 is 26.0 Å². The smallest absolute Gasteiger partial charge is 0.383 e. The molecule has 0 saturated heterocycles. The topological polar surface area (TPSA) is 46.6 Å². The molecule has 0 radical (unpaired) electrons. The van der Waals surface area contributed by atoms with Crippen LogP contribution in [0.4, 0.5) is 13.2 Å². The van der Waals surface area contributed by atoms with E-state index in [0.29, 0.717) is 5.33 Å². The van der Waals surface area contributed by atoms with Crippen LogP contribution < -0.4 is 0 Å². The van der Waals surface area contributed by atoms with Crippen LogP contribution >= 0.6 is 15.9 Å². The van der Waals surface area contributed by atoms with Gasteiger partial charge in [-0.3, -0.25) is 0 Å². The number of methoxy groups -OCH3 is 1. The largest absolute Gasteiger partial charge is 0.389 e. The van der Waals surface area contributed by atoms with Gasteiger partial charge < -0.3 is 4.74 Å². The van der Waals surface area contributed by atoms with Gasteiger partial charge in [-0.15, -0.1) is 0 Å². The van der Waals surface area contributed by atoms with E-state index in [0.717, 1.165) is 4.31 Å². The fourth-order valence-corrected chi connectivity index (χ4v) is 3.41. The Morgan fingerprint density at radius 2 is 1.89 bits per heavy atom. The van der Waals surface area contributed by atoms with Crippen molar-refractivity contribution in [3.8, 4) is 0 Å². The zero-order valence-electron chi connectivity index (χ0n) is 10.0. The van der Waals surface area contributed by atoms with Crippen molar-refractivity contribution < 1.29 is 26.3 Å². The molecule has 0 aromatic heterocycles. The van der Waals surface area contributed by atoms with Crippen LogP contribution in [0.2, 0.25) is 0 Å². The molecule has 0 aliphatic rings. The first-order valence-electron chi connectivity index (χ1n) is 5.32. The van der Waals surface area contributed by atoms with Crippen molar-refractivity contribution in [3.63, 3.8) is 0 Å². The average molecular weight is 356 g/mol. The van der Waals surface area contributed by atoms with E-state index in [1.54, 1.807) is 0 Å². The third kappa shape index (κ3) is 8.28. The summed E-state index contributed by atoms with van der Waals surface area (Å²) in [6.07, 6.45) is -5.82. The summed E-state index contributed by atoms with van der Waals surface area (Å²) < 4.78 is 65.3. The number of hydrogen-bond donors (Lipinski definition) is 0. The van der Waals surface area contributed by atoms with Crippen molar-refractivity contribution in [2.45, 2.75) is 19.0 Å². The van der Waals surface area contributed by atoms with Crippen LogP contribution in [0.1, 0.15) is 12.8 Å². The number of ether oxygens (including phenoxy) is 1. The lowest BCUT2D eigenvalue weighted by Crippen LogP contribution is -2.37. The fraction of sp³-hybridized carbons (Fsp3) is 1.00. The van der Waals surface area contributed by atoms with Gasteiger partial charge in [0.2, 0.25) is 10.0 Å². The minimum absolute atomic E-state index is 0.149. The molecule has 0 aromatic carbocycles. The van der Waals surface area contributed by atoms with Gasteiger partial charge in [-0.2, -0.15) is 17.5 Å². The molecule has 0 amide bonds. The summed E-state index contributed by atoms with van der Waals surface area (Å²) in [5.41, 5.74) is 0. The lowest BCUT2D eigenvalue weighted by molar-refractivity contribution is -0.134. The third-order valence-corrected chi connectivity index (χ3v) is 4.45.